The molecule has 3 saturated carbocycles. The molecule has 3 heteroatoms. The van der Waals surface area contributed by atoms with Crippen molar-refractivity contribution >= 4 is 5.97 Å². The van der Waals surface area contributed by atoms with Gasteiger partial charge in [0.1, 0.15) is 6.10 Å². The van der Waals surface area contributed by atoms with Gasteiger partial charge in [0.05, 0.1) is 0 Å². The highest BCUT2D eigenvalue weighted by Crippen LogP contribution is 2.67. The van der Waals surface area contributed by atoms with E-state index in [-0.39, 0.29) is 12.1 Å². The van der Waals surface area contributed by atoms with E-state index in [4.69, 9.17) is 10.5 Å². The summed E-state index contributed by atoms with van der Waals surface area (Å²) in [6.07, 6.45) is 29.0. The number of carbonyl (C=O) groups is 1. The molecule has 0 spiro atoms. The first-order chi connectivity index (χ1) is 20.2. The summed E-state index contributed by atoms with van der Waals surface area (Å²) in [7, 11) is 0. The Morgan fingerprint density at radius 2 is 1.55 bits per heavy atom. The zero-order valence-corrected chi connectivity index (χ0v) is 28.6. The second-order valence-corrected chi connectivity index (χ2v) is 16.4. The molecule has 4 aliphatic carbocycles. The number of unbranched alkanes of at least 4 members (excludes halogenated alkanes) is 8. The van der Waals surface area contributed by atoms with Crippen molar-refractivity contribution in [3.63, 3.8) is 0 Å². The van der Waals surface area contributed by atoms with Crippen molar-refractivity contribution in [2.75, 3.05) is 6.54 Å². The minimum Gasteiger partial charge on any atom is -0.462 e. The number of rotatable bonds is 17. The molecular formula is C39H69NO2. The Hall–Kier alpha value is -0.830. The zero-order valence-electron chi connectivity index (χ0n) is 28.6. The van der Waals surface area contributed by atoms with Crippen LogP contribution in [0, 0.1) is 46.3 Å². The largest absolute Gasteiger partial charge is 0.462 e. The lowest BCUT2D eigenvalue weighted by Gasteiger charge is -2.58. The number of nitrogens with two attached hydrogens (primary N) is 1. The Bertz CT molecular complexity index is 864. The lowest BCUT2D eigenvalue weighted by Crippen LogP contribution is -2.51. The van der Waals surface area contributed by atoms with E-state index in [1.807, 2.05) is 0 Å². The molecule has 0 aromatic rings. The summed E-state index contributed by atoms with van der Waals surface area (Å²) in [4.78, 5) is 12.7. The van der Waals surface area contributed by atoms with Gasteiger partial charge >= 0.3 is 5.97 Å². The first-order valence-electron chi connectivity index (χ1n) is 18.8. The van der Waals surface area contributed by atoms with Crippen molar-refractivity contribution in [2.45, 2.75) is 176 Å². The average Bonchev–Trinajstić information content (AvgIpc) is 3.31. The van der Waals surface area contributed by atoms with Gasteiger partial charge in [0.2, 0.25) is 0 Å². The topological polar surface area (TPSA) is 52.3 Å². The van der Waals surface area contributed by atoms with Crippen LogP contribution in [0.2, 0.25) is 0 Å². The summed E-state index contributed by atoms with van der Waals surface area (Å²) in [6.45, 7) is 13.5. The van der Waals surface area contributed by atoms with Gasteiger partial charge in [-0.25, -0.2) is 0 Å². The van der Waals surface area contributed by atoms with Crippen LogP contribution in [-0.4, -0.2) is 18.6 Å². The lowest BCUT2D eigenvalue weighted by atomic mass is 9.47. The molecule has 0 heterocycles. The molecule has 8 atom stereocenters. The third kappa shape index (κ3) is 8.25. The predicted molar refractivity (Wildman–Crippen MR) is 178 cm³/mol. The maximum Gasteiger partial charge on any atom is 0.306 e. The molecule has 3 nitrogen and oxygen atoms in total. The van der Waals surface area contributed by atoms with Gasteiger partial charge < -0.3 is 10.5 Å². The number of fused-ring (bicyclic) bond motifs is 5. The van der Waals surface area contributed by atoms with E-state index in [2.05, 4.69) is 40.7 Å². The van der Waals surface area contributed by atoms with Crippen LogP contribution in [-0.2, 0) is 9.53 Å². The molecule has 0 radical (unpaired) electrons. The molecule has 242 valence electrons. The van der Waals surface area contributed by atoms with E-state index in [1.165, 1.54) is 103 Å². The molecule has 0 aliphatic heterocycles. The van der Waals surface area contributed by atoms with Gasteiger partial charge in [-0.1, -0.05) is 110 Å². The average molecular weight is 584 g/mol. The molecule has 0 aromatic carbocycles. The fourth-order valence-electron chi connectivity index (χ4n) is 10.6. The van der Waals surface area contributed by atoms with Crippen molar-refractivity contribution in [3.8, 4) is 0 Å². The maximum absolute atomic E-state index is 12.7. The predicted octanol–water partition coefficient (Wildman–Crippen LogP) is 10.8. The van der Waals surface area contributed by atoms with Crippen LogP contribution in [0.5, 0.6) is 0 Å². The van der Waals surface area contributed by atoms with Gasteiger partial charge in [-0.2, -0.15) is 0 Å². The normalized spacial score (nSPS) is 34.8. The number of hydrogen-bond donors (Lipinski definition) is 1. The number of hydrogen-bond acceptors (Lipinski definition) is 3. The molecule has 4 aliphatic rings. The molecule has 0 amide bonds. The van der Waals surface area contributed by atoms with E-state index in [1.54, 1.807) is 5.57 Å². The van der Waals surface area contributed by atoms with Gasteiger partial charge in [-0.15, -0.1) is 0 Å². The molecule has 4 rings (SSSR count). The minimum atomic E-state index is 0.0487. The highest BCUT2D eigenvalue weighted by Gasteiger charge is 2.59. The van der Waals surface area contributed by atoms with Crippen molar-refractivity contribution in [1.29, 1.82) is 0 Å². The van der Waals surface area contributed by atoms with Crippen LogP contribution in [0.3, 0.4) is 0 Å². The van der Waals surface area contributed by atoms with E-state index >= 15 is 0 Å². The molecule has 0 bridgehead atoms. The Morgan fingerprint density at radius 3 is 2.24 bits per heavy atom. The van der Waals surface area contributed by atoms with Crippen LogP contribution in [0.15, 0.2) is 11.6 Å². The smallest absolute Gasteiger partial charge is 0.306 e. The van der Waals surface area contributed by atoms with Crippen molar-refractivity contribution in [3.05, 3.63) is 11.6 Å². The fraction of sp³-hybridized carbons (Fsp3) is 0.923. The summed E-state index contributed by atoms with van der Waals surface area (Å²) in [6, 6.07) is 0. The highest BCUT2D eigenvalue weighted by atomic mass is 16.5. The summed E-state index contributed by atoms with van der Waals surface area (Å²) >= 11 is 0. The molecule has 4 unspecified atom stereocenters. The number of allylic oxidation sites excluding steroid dienone is 1. The zero-order chi connectivity index (χ0) is 30.2. The van der Waals surface area contributed by atoms with Crippen LogP contribution in [0.25, 0.3) is 0 Å². The monoisotopic (exact) mass is 584 g/mol. The third-order valence-corrected chi connectivity index (χ3v) is 13.1. The minimum absolute atomic E-state index is 0.0487. The Kier molecular flexibility index (Phi) is 12.9. The van der Waals surface area contributed by atoms with Crippen molar-refractivity contribution in [1.82, 2.24) is 0 Å². The number of carbonyl (C=O) groups excluding carboxylic acids is 1. The second-order valence-electron chi connectivity index (χ2n) is 16.4. The van der Waals surface area contributed by atoms with Gasteiger partial charge in [0.15, 0.2) is 0 Å². The van der Waals surface area contributed by atoms with Gasteiger partial charge in [-0.3, -0.25) is 4.79 Å². The first-order valence-corrected chi connectivity index (χ1v) is 18.8. The Morgan fingerprint density at radius 1 is 0.857 bits per heavy atom. The van der Waals surface area contributed by atoms with Crippen LogP contribution >= 0.6 is 0 Å². The third-order valence-electron chi connectivity index (χ3n) is 13.1. The van der Waals surface area contributed by atoms with Crippen LogP contribution < -0.4 is 5.73 Å². The second kappa shape index (κ2) is 15.9. The summed E-state index contributed by atoms with van der Waals surface area (Å²) < 4.78 is 6.09. The fourth-order valence-corrected chi connectivity index (χ4v) is 10.6. The SMILES string of the molecule is CC(C)CCC[C@@H](C)[C@H]1CCC2C3CC=C4CC(OC(=O)CCCCCCCCCCCN)CC[C@]4(C)C3CC[C@@]21C. The first kappa shape index (κ1) is 34.1. The highest BCUT2D eigenvalue weighted by molar-refractivity contribution is 5.69. The standard InChI is InChI=1S/C39H69NO2/c1-29(2)16-15-17-30(3)34-21-22-35-33-20-19-31-28-32(23-25-38(31,4)36(33)24-26-39(34,35)5)42-37(41)18-13-11-9-7-6-8-10-12-14-27-40/h19,29-30,32-36H,6-18,20-28,40H2,1-5H3/t30-,32?,33?,34-,35?,36?,38+,39-/m1/s1. The molecular weight excluding hydrogens is 514 g/mol. The van der Waals surface area contributed by atoms with E-state index in [0.717, 1.165) is 67.7 Å². The van der Waals surface area contributed by atoms with Crippen molar-refractivity contribution < 1.29 is 9.53 Å². The maximum atomic E-state index is 12.7. The van der Waals surface area contributed by atoms with Crippen LogP contribution in [0.4, 0.5) is 0 Å². The van der Waals surface area contributed by atoms with E-state index in [0.29, 0.717) is 17.3 Å². The van der Waals surface area contributed by atoms with Crippen molar-refractivity contribution in [2.24, 2.45) is 52.1 Å². The molecule has 42 heavy (non-hydrogen) atoms. The molecule has 2 N–H and O–H groups in total. The summed E-state index contributed by atoms with van der Waals surface area (Å²) in [5.74, 6) is 5.31. The lowest BCUT2D eigenvalue weighted by molar-refractivity contribution is -0.151. The van der Waals surface area contributed by atoms with Crippen LogP contribution in [0.1, 0.15) is 169 Å². The quantitative estimate of drug-likeness (QED) is 0.105. The van der Waals surface area contributed by atoms with Gasteiger partial charge in [-0.05, 0) is 111 Å². The van der Waals surface area contributed by atoms with Gasteiger partial charge in [0.25, 0.3) is 0 Å². The van der Waals surface area contributed by atoms with E-state index < -0.39 is 0 Å². The number of esters is 1. The summed E-state index contributed by atoms with van der Waals surface area (Å²) in [5.41, 5.74) is 8.10. The Labute approximate surface area is 261 Å². The molecule has 3 fully saturated rings. The molecule has 0 aromatic heterocycles. The Balaban J connectivity index is 1.21. The summed E-state index contributed by atoms with van der Waals surface area (Å²) in [5, 5.41) is 0. The number of ether oxygens (including phenoxy) is 1. The van der Waals surface area contributed by atoms with Gasteiger partial charge in [0, 0.05) is 12.8 Å². The van der Waals surface area contributed by atoms with E-state index in [9.17, 15) is 4.79 Å². The molecule has 0 saturated heterocycles.